The second kappa shape index (κ2) is 24.8. The summed E-state index contributed by atoms with van der Waals surface area (Å²) in [7, 11) is 0. The Balaban J connectivity index is -0.000000718. The summed E-state index contributed by atoms with van der Waals surface area (Å²) in [6.07, 6.45) is 21.6. The Morgan fingerprint density at radius 2 is 0.867 bits per heavy atom. The molecule has 1 aromatic heterocycles. The lowest BCUT2D eigenvalue weighted by Crippen LogP contribution is -2.25. The van der Waals surface area contributed by atoms with Gasteiger partial charge in [0.05, 0.1) is 5.41 Å². The highest BCUT2D eigenvalue weighted by atomic mass is 16.4. The van der Waals surface area contributed by atoms with Crippen molar-refractivity contribution in [1.29, 1.82) is 0 Å². The molecule has 9 rings (SSSR count). The van der Waals surface area contributed by atoms with Crippen LogP contribution in [0.2, 0.25) is 0 Å². The van der Waals surface area contributed by atoms with Gasteiger partial charge in [-0.1, -0.05) is 205 Å². The van der Waals surface area contributed by atoms with Crippen molar-refractivity contribution in [2.24, 2.45) is 0 Å². The number of hydrogen-bond donors (Lipinski definition) is 0. The largest absolute Gasteiger partial charge is 0.416 e. The van der Waals surface area contributed by atoms with E-state index in [0.717, 1.165) is 68.5 Å². The summed E-state index contributed by atoms with van der Waals surface area (Å²) in [5.74, 6) is 0.928. The van der Waals surface area contributed by atoms with E-state index >= 15 is 0 Å². The van der Waals surface area contributed by atoms with Crippen LogP contribution in [0.4, 0.5) is 0 Å². The van der Waals surface area contributed by atoms with Gasteiger partial charge in [0.1, 0.15) is 0 Å². The number of unbranched alkanes of at least 4 members (excludes halogenated alkanes) is 10. The van der Waals surface area contributed by atoms with Crippen LogP contribution in [0.1, 0.15) is 149 Å². The molecule has 7 aromatic rings. The van der Waals surface area contributed by atoms with Crippen LogP contribution in [0.15, 0.2) is 232 Å². The van der Waals surface area contributed by atoms with E-state index in [-0.39, 0.29) is 28.2 Å². The van der Waals surface area contributed by atoms with Crippen molar-refractivity contribution in [3.05, 3.63) is 250 Å². The van der Waals surface area contributed by atoms with Crippen molar-refractivity contribution in [3.8, 4) is 67.4 Å². The molecule has 2 aliphatic rings. The molecule has 0 aliphatic heterocycles. The fourth-order valence-electron chi connectivity index (χ4n) is 11.3. The van der Waals surface area contributed by atoms with Gasteiger partial charge in [0, 0.05) is 39.4 Å². The first-order valence-electron chi connectivity index (χ1n) is 26.8. The molecule has 0 fully saturated rings. The second-order valence-corrected chi connectivity index (χ2v) is 19.6. The highest BCUT2D eigenvalue weighted by molar-refractivity contribution is 5.89. The van der Waals surface area contributed by atoms with Gasteiger partial charge in [-0.15, -0.1) is 10.2 Å². The van der Waals surface area contributed by atoms with Crippen molar-refractivity contribution in [2.45, 2.75) is 115 Å². The third-order valence-electron chi connectivity index (χ3n) is 14.9. The highest BCUT2D eigenvalue weighted by Gasteiger charge is 2.43. The predicted octanol–water partition coefficient (Wildman–Crippen LogP) is 22.9. The van der Waals surface area contributed by atoms with Crippen LogP contribution in [-0.2, 0) is 10.8 Å². The number of aromatic nitrogens is 2. The third-order valence-corrected chi connectivity index (χ3v) is 14.9. The van der Waals surface area contributed by atoms with Crippen molar-refractivity contribution in [3.63, 3.8) is 0 Å². The molecule has 0 spiro atoms. The van der Waals surface area contributed by atoms with Crippen LogP contribution in [0.3, 0.4) is 0 Å². The standard InChI is InChI=1S/C72H62N2O.16H2/c1-5-9-13-17-21-32-46-71(47-33-22-18-14-10-6-2)65-40-30-28-38-61(65)63-44-42-56(53-67(63)71)58-50-59(52-60(51-58)70-74-73-69(75-70)55-36-26-25-27-37-55)57-43-45-64-62-39-29-31-41-66(62)72(68(64)54-57,48-34-23-19-15-11-7-3)49-35-24-20-16-12-8-4;;;;;;;;;;;;;;;;/h25-31,36-47,50-54H,1-2,7-8,11-12,15-16,19-20,23-24,34-35,48-49H2,3-4H3;16*1H. The van der Waals surface area contributed by atoms with Gasteiger partial charge in [0.25, 0.3) is 0 Å². The molecule has 0 N–H and O–H groups in total. The molecule has 0 bridgehead atoms. The van der Waals surface area contributed by atoms with E-state index < -0.39 is 5.41 Å². The third kappa shape index (κ3) is 11.3. The van der Waals surface area contributed by atoms with Gasteiger partial charge in [-0.25, -0.2) is 0 Å². The van der Waals surface area contributed by atoms with Gasteiger partial charge in [0.15, 0.2) is 0 Å². The van der Waals surface area contributed by atoms with E-state index in [1.165, 1.54) is 99.3 Å². The molecular formula is C72H94N2O. The first-order chi connectivity index (χ1) is 37.0. The van der Waals surface area contributed by atoms with Crippen molar-refractivity contribution in [2.75, 3.05) is 0 Å². The van der Waals surface area contributed by atoms with Crippen LogP contribution in [0.25, 0.3) is 67.4 Å². The van der Waals surface area contributed by atoms with Crippen LogP contribution in [0.5, 0.6) is 0 Å². The zero-order valence-corrected chi connectivity index (χ0v) is 43.5. The number of benzene rings is 6. The summed E-state index contributed by atoms with van der Waals surface area (Å²) in [5, 5.41) is 9.25. The zero-order chi connectivity index (χ0) is 51.7. The smallest absolute Gasteiger partial charge is 0.248 e. The number of allylic oxidation sites excluding steroid dienone is 2. The van der Waals surface area contributed by atoms with E-state index in [9.17, 15) is 0 Å². The molecule has 3 nitrogen and oxygen atoms in total. The molecule has 1 heterocycles. The number of hydrogen-bond acceptors (Lipinski definition) is 3. The lowest BCUT2D eigenvalue weighted by molar-refractivity contribution is 0.398. The Kier molecular flexibility index (Phi) is 16.9. The molecule has 6 aromatic carbocycles. The topological polar surface area (TPSA) is 38.9 Å². The summed E-state index contributed by atoms with van der Waals surface area (Å²) in [4.78, 5) is 0. The average molecular weight is 1000 g/mol. The van der Waals surface area contributed by atoms with E-state index in [2.05, 4.69) is 209 Å². The average Bonchev–Trinajstić information content (AvgIpc) is 1.67. The minimum absolute atomic E-state index is 0. The first kappa shape index (κ1) is 51.2. The minimum atomic E-state index is -0.830. The first-order valence-corrected chi connectivity index (χ1v) is 26.8. The van der Waals surface area contributed by atoms with Crippen LogP contribution in [-0.4, -0.2) is 10.2 Å². The van der Waals surface area contributed by atoms with E-state index in [4.69, 9.17) is 4.42 Å². The highest BCUT2D eigenvalue weighted by Crippen LogP contribution is 2.56. The molecule has 0 amide bonds. The normalized spacial score (nSPS) is 13.6. The lowest BCUT2D eigenvalue weighted by Gasteiger charge is -2.33. The summed E-state index contributed by atoms with van der Waals surface area (Å²) >= 11 is 0. The molecule has 0 unspecified atom stereocenters. The zero-order valence-electron chi connectivity index (χ0n) is 43.5. The van der Waals surface area contributed by atoms with Crippen molar-refractivity contribution in [1.82, 2.24) is 10.2 Å². The van der Waals surface area contributed by atoms with Gasteiger partial charge >= 0.3 is 0 Å². The Hall–Kier alpha value is -8.70. The van der Waals surface area contributed by atoms with Crippen LogP contribution in [0, 0.1) is 0 Å². The molecule has 0 radical (unpaired) electrons. The maximum atomic E-state index is 6.55. The van der Waals surface area contributed by atoms with Gasteiger partial charge < -0.3 is 4.42 Å². The Morgan fingerprint density at radius 3 is 1.45 bits per heavy atom. The molecule has 0 saturated carbocycles. The van der Waals surface area contributed by atoms with Crippen LogP contribution >= 0.6 is 0 Å². The summed E-state index contributed by atoms with van der Waals surface area (Å²) < 4.78 is 6.55. The summed E-state index contributed by atoms with van der Waals surface area (Å²) in [6, 6.07) is 48.3. The van der Waals surface area contributed by atoms with Crippen molar-refractivity contribution < 1.29 is 27.2 Å². The quantitative estimate of drug-likeness (QED) is 0.0564. The number of nitrogens with zero attached hydrogens (tertiary/aromatic N) is 2. The van der Waals surface area contributed by atoms with Crippen molar-refractivity contribution >= 4 is 0 Å². The fourth-order valence-corrected chi connectivity index (χ4v) is 11.3. The van der Waals surface area contributed by atoms with Crippen LogP contribution < -0.4 is 0 Å². The predicted molar refractivity (Wildman–Crippen MR) is 341 cm³/mol. The monoisotopic (exact) mass is 1000 g/mol. The summed E-state index contributed by atoms with van der Waals surface area (Å²) in [5.41, 5.74) is 49.3. The molecule has 0 atom stereocenters. The minimum Gasteiger partial charge on any atom is -0.416 e. The van der Waals surface area contributed by atoms with Gasteiger partial charge in [-0.2, -0.15) is 0 Å². The molecule has 3 heteroatoms. The molecule has 75 heavy (non-hydrogen) atoms. The molecule has 398 valence electrons. The molecule has 2 aliphatic carbocycles. The maximum absolute atomic E-state index is 6.55. The fraction of sp³-hybridized carbons (Fsp3) is 0.250. The second-order valence-electron chi connectivity index (χ2n) is 19.6. The molecular weight excluding hydrogens is 909 g/mol. The van der Waals surface area contributed by atoms with E-state index in [1.807, 2.05) is 42.5 Å². The lowest BCUT2D eigenvalue weighted by atomic mass is 9.70. The Morgan fingerprint density at radius 1 is 0.413 bits per heavy atom. The summed E-state index contributed by atoms with van der Waals surface area (Å²) in [6.45, 7) is 11.7. The Labute approximate surface area is 467 Å². The number of rotatable bonds is 20. The van der Waals surface area contributed by atoms with E-state index in [1.54, 1.807) is 0 Å². The van der Waals surface area contributed by atoms with Gasteiger partial charge in [-0.05, 0) is 193 Å². The van der Waals surface area contributed by atoms with Gasteiger partial charge in [-0.3, -0.25) is 0 Å². The number of fused-ring (bicyclic) bond motifs is 6. The SMILES string of the molecule is C=C=C=C=C=C=C=CC1(C=C=C=C=C=C=C=C)c2ccccc2-c2ccc(-c3cc(-c4ccc5c(c4)C(CCCCCCCC)(CCCCCCCC)c4ccccc4-5)cc(-c4nnc(-c5ccccc5)o4)c3)cc21.[HH].[HH].[HH].[HH].[HH].[HH].[HH].[HH].[HH].[HH].[HH].[HH].[HH].[HH].[HH].[HH]. The Bertz CT molecular complexity index is 3700. The maximum Gasteiger partial charge on any atom is 0.248 e. The van der Waals surface area contributed by atoms with Gasteiger partial charge in [0.2, 0.25) is 11.8 Å². The molecule has 0 saturated heterocycles. The van der Waals surface area contributed by atoms with E-state index in [0.29, 0.717) is 11.8 Å².